The molecule has 146 valence electrons. The summed E-state index contributed by atoms with van der Waals surface area (Å²) in [6.07, 6.45) is 0.249. The molecule has 4 rings (SSSR count). The maximum atomic E-state index is 13.2. The van der Waals surface area contributed by atoms with Crippen LogP contribution in [0.1, 0.15) is 17.5 Å². The van der Waals surface area contributed by atoms with E-state index in [1.807, 2.05) is 56.3 Å². The Kier molecular flexibility index (Phi) is 5.13. The van der Waals surface area contributed by atoms with Crippen molar-refractivity contribution in [3.8, 4) is 0 Å². The first-order chi connectivity index (χ1) is 13.5. The van der Waals surface area contributed by atoms with Crippen molar-refractivity contribution in [2.45, 2.75) is 26.3 Å². The third kappa shape index (κ3) is 3.29. The number of imide groups is 1. The molecule has 2 amide bonds. The fourth-order valence-electron chi connectivity index (χ4n) is 4.28. The molecule has 6 heteroatoms. The Bertz CT molecular complexity index is 901. The van der Waals surface area contributed by atoms with E-state index in [9.17, 15) is 9.59 Å². The molecule has 0 aliphatic carbocycles. The molecule has 2 aliphatic heterocycles. The zero-order valence-corrected chi connectivity index (χ0v) is 16.9. The quantitative estimate of drug-likeness (QED) is 0.744. The van der Waals surface area contributed by atoms with Crippen LogP contribution in [0.2, 0.25) is 5.02 Å². The molecule has 2 aromatic carbocycles. The first-order valence-electron chi connectivity index (χ1n) is 9.64. The van der Waals surface area contributed by atoms with Crippen LogP contribution >= 0.6 is 11.6 Å². The lowest BCUT2D eigenvalue weighted by atomic mass is 10.1. The molecule has 0 aromatic heterocycles. The van der Waals surface area contributed by atoms with Crippen LogP contribution in [-0.4, -0.2) is 48.9 Å². The van der Waals surface area contributed by atoms with Gasteiger partial charge in [0.25, 0.3) is 5.91 Å². The minimum Gasteiger partial charge on any atom is -0.368 e. The van der Waals surface area contributed by atoms with Gasteiger partial charge < -0.3 is 4.90 Å². The molecule has 0 N–H and O–H groups in total. The van der Waals surface area contributed by atoms with Gasteiger partial charge in [-0.25, -0.2) is 4.90 Å². The number of halogens is 1. The number of para-hydroxylation sites is 2. The van der Waals surface area contributed by atoms with E-state index in [4.69, 9.17) is 11.6 Å². The first kappa shape index (κ1) is 19.0. The summed E-state index contributed by atoms with van der Waals surface area (Å²) in [6, 6.07) is 13.3. The predicted molar refractivity (Wildman–Crippen MR) is 112 cm³/mol. The third-order valence-corrected chi connectivity index (χ3v) is 6.05. The maximum Gasteiger partial charge on any atom is 0.251 e. The lowest BCUT2D eigenvalue weighted by Crippen LogP contribution is -2.52. The van der Waals surface area contributed by atoms with Gasteiger partial charge in [0.2, 0.25) is 5.91 Å². The lowest BCUT2D eigenvalue weighted by Gasteiger charge is -2.38. The van der Waals surface area contributed by atoms with Crippen LogP contribution < -0.4 is 9.80 Å². The highest BCUT2D eigenvalue weighted by Crippen LogP contribution is 2.32. The average Bonchev–Trinajstić information content (AvgIpc) is 2.97. The van der Waals surface area contributed by atoms with Crippen molar-refractivity contribution in [3.63, 3.8) is 0 Å². The number of amides is 2. The molecule has 5 nitrogen and oxygen atoms in total. The Morgan fingerprint density at radius 2 is 1.54 bits per heavy atom. The van der Waals surface area contributed by atoms with E-state index in [-0.39, 0.29) is 24.3 Å². The standard InChI is InChI=1S/C22H24ClN3O2/c1-15-6-5-7-16(2)21(15)26-20(27)14-19(22(26)28)25-12-10-24(11-13-25)18-9-4-3-8-17(18)23/h3-9,19H,10-14H2,1-2H3/t19-/m1/s1. The van der Waals surface area contributed by atoms with Crippen molar-refractivity contribution < 1.29 is 9.59 Å². The molecule has 0 unspecified atom stereocenters. The number of carbonyl (C=O) groups excluding carboxylic acids is 2. The predicted octanol–water partition coefficient (Wildman–Crippen LogP) is 3.41. The van der Waals surface area contributed by atoms with Gasteiger partial charge in [-0.1, -0.05) is 41.9 Å². The number of piperazine rings is 1. The number of benzene rings is 2. The largest absolute Gasteiger partial charge is 0.368 e. The van der Waals surface area contributed by atoms with E-state index in [2.05, 4.69) is 9.80 Å². The lowest BCUT2D eigenvalue weighted by molar-refractivity contribution is -0.123. The average molecular weight is 398 g/mol. The number of carbonyl (C=O) groups is 2. The van der Waals surface area contributed by atoms with Crippen LogP contribution in [0.3, 0.4) is 0 Å². The number of anilines is 2. The monoisotopic (exact) mass is 397 g/mol. The van der Waals surface area contributed by atoms with Crippen molar-refractivity contribution in [3.05, 3.63) is 58.6 Å². The van der Waals surface area contributed by atoms with Crippen LogP contribution in [0.5, 0.6) is 0 Å². The molecule has 0 bridgehead atoms. The highest BCUT2D eigenvalue weighted by atomic mass is 35.5. The number of hydrogen-bond acceptors (Lipinski definition) is 4. The molecule has 28 heavy (non-hydrogen) atoms. The highest BCUT2D eigenvalue weighted by molar-refractivity contribution is 6.33. The van der Waals surface area contributed by atoms with Gasteiger partial charge in [0, 0.05) is 26.2 Å². The van der Waals surface area contributed by atoms with Crippen molar-refractivity contribution in [1.82, 2.24) is 4.90 Å². The Morgan fingerprint density at radius 1 is 0.893 bits per heavy atom. The van der Waals surface area contributed by atoms with E-state index in [1.165, 1.54) is 4.90 Å². The molecule has 2 heterocycles. The summed E-state index contributed by atoms with van der Waals surface area (Å²) in [5.41, 5.74) is 3.67. The van der Waals surface area contributed by atoms with E-state index >= 15 is 0 Å². The molecule has 0 spiro atoms. The molecule has 2 fully saturated rings. The SMILES string of the molecule is Cc1cccc(C)c1N1C(=O)C[C@@H](N2CCN(c3ccccc3Cl)CC2)C1=O. The summed E-state index contributed by atoms with van der Waals surface area (Å²) >= 11 is 6.32. The Hall–Kier alpha value is -2.37. The fraction of sp³-hybridized carbons (Fsp3) is 0.364. The second-order valence-electron chi connectivity index (χ2n) is 7.50. The molecular formula is C22H24ClN3O2. The molecule has 2 saturated heterocycles. The minimum atomic E-state index is -0.375. The van der Waals surface area contributed by atoms with Gasteiger partial charge in [0.1, 0.15) is 0 Å². The molecule has 1 atom stereocenters. The zero-order chi connectivity index (χ0) is 19.8. The highest BCUT2D eigenvalue weighted by Gasteiger charge is 2.44. The number of rotatable bonds is 3. The number of aryl methyl sites for hydroxylation is 2. The van der Waals surface area contributed by atoms with Crippen molar-refractivity contribution in [2.75, 3.05) is 36.0 Å². The molecule has 2 aromatic rings. The molecular weight excluding hydrogens is 374 g/mol. The summed E-state index contributed by atoms with van der Waals surface area (Å²) in [7, 11) is 0. The Labute approximate surface area is 170 Å². The van der Waals surface area contributed by atoms with Gasteiger partial charge in [-0.05, 0) is 37.1 Å². The van der Waals surface area contributed by atoms with Crippen molar-refractivity contribution in [2.24, 2.45) is 0 Å². The van der Waals surface area contributed by atoms with Gasteiger partial charge in [0.15, 0.2) is 0 Å². The smallest absolute Gasteiger partial charge is 0.251 e. The zero-order valence-electron chi connectivity index (χ0n) is 16.2. The van der Waals surface area contributed by atoms with Gasteiger partial charge in [0.05, 0.1) is 28.9 Å². The third-order valence-electron chi connectivity index (χ3n) is 5.73. The second-order valence-corrected chi connectivity index (χ2v) is 7.91. The van der Waals surface area contributed by atoms with E-state index in [0.29, 0.717) is 0 Å². The van der Waals surface area contributed by atoms with E-state index in [1.54, 1.807) is 0 Å². The van der Waals surface area contributed by atoms with E-state index in [0.717, 1.165) is 53.7 Å². The van der Waals surface area contributed by atoms with Crippen molar-refractivity contribution >= 4 is 34.8 Å². The van der Waals surface area contributed by atoms with E-state index < -0.39 is 0 Å². The second kappa shape index (κ2) is 7.57. The van der Waals surface area contributed by atoms with Crippen LogP contribution in [0.4, 0.5) is 11.4 Å². The first-order valence-corrected chi connectivity index (χ1v) is 10.0. The summed E-state index contributed by atoms with van der Waals surface area (Å²) < 4.78 is 0. The van der Waals surface area contributed by atoms with Crippen LogP contribution in [0.25, 0.3) is 0 Å². The van der Waals surface area contributed by atoms with Gasteiger partial charge in [-0.2, -0.15) is 0 Å². The summed E-state index contributed by atoms with van der Waals surface area (Å²) in [6.45, 7) is 6.92. The summed E-state index contributed by atoms with van der Waals surface area (Å²) in [5, 5.41) is 0.740. The maximum absolute atomic E-state index is 13.2. The topological polar surface area (TPSA) is 43.9 Å². The summed E-state index contributed by atoms with van der Waals surface area (Å²) in [5.74, 6) is -0.213. The Morgan fingerprint density at radius 3 is 2.18 bits per heavy atom. The van der Waals surface area contributed by atoms with Crippen molar-refractivity contribution in [1.29, 1.82) is 0 Å². The Balaban J connectivity index is 1.49. The normalized spacial score (nSPS) is 20.9. The molecule has 0 saturated carbocycles. The minimum absolute atomic E-state index is 0.103. The van der Waals surface area contributed by atoms with Gasteiger partial charge in [-0.3, -0.25) is 14.5 Å². The number of nitrogens with zero attached hydrogens (tertiary/aromatic N) is 3. The molecule has 0 radical (unpaired) electrons. The van der Waals surface area contributed by atoms with Crippen LogP contribution in [0, 0.1) is 13.8 Å². The molecule has 2 aliphatic rings. The number of hydrogen-bond donors (Lipinski definition) is 0. The van der Waals surface area contributed by atoms with Gasteiger partial charge >= 0.3 is 0 Å². The fourth-order valence-corrected chi connectivity index (χ4v) is 4.53. The van der Waals surface area contributed by atoms with Crippen LogP contribution in [0.15, 0.2) is 42.5 Å². The summed E-state index contributed by atoms with van der Waals surface area (Å²) in [4.78, 5) is 31.7. The van der Waals surface area contributed by atoms with Gasteiger partial charge in [-0.15, -0.1) is 0 Å². The van der Waals surface area contributed by atoms with Crippen LogP contribution in [-0.2, 0) is 9.59 Å².